The SMILES string of the molecule is CCCC1CNC(C2CC2)CN1CC1CCC1. The van der Waals surface area contributed by atoms with Gasteiger partial charge < -0.3 is 5.32 Å². The Hall–Kier alpha value is -0.0800. The Morgan fingerprint density at radius 3 is 2.59 bits per heavy atom. The molecule has 3 fully saturated rings. The molecule has 1 aliphatic heterocycles. The summed E-state index contributed by atoms with van der Waals surface area (Å²) in [6, 6.07) is 1.65. The molecule has 1 heterocycles. The molecule has 2 heteroatoms. The van der Waals surface area contributed by atoms with Gasteiger partial charge in [0.25, 0.3) is 0 Å². The van der Waals surface area contributed by atoms with Gasteiger partial charge in [0.15, 0.2) is 0 Å². The first-order chi connectivity index (χ1) is 8.36. The highest BCUT2D eigenvalue weighted by Gasteiger charge is 2.37. The molecule has 17 heavy (non-hydrogen) atoms. The van der Waals surface area contributed by atoms with Crippen LogP contribution in [0.5, 0.6) is 0 Å². The second-order valence-electron chi connectivity index (χ2n) is 6.55. The molecule has 0 radical (unpaired) electrons. The number of piperazine rings is 1. The normalized spacial score (nSPS) is 35.8. The maximum Gasteiger partial charge on any atom is 0.0224 e. The predicted molar refractivity (Wildman–Crippen MR) is 72.1 cm³/mol. The largest absolute Gasteiger partial charge is 0.311 e. The van der Waals surface area contributed by atoms with Crippen LogP contribution in [0, 0.1) is 11.8 Å². The Balaban J connectivity index is 1.55. The molecule has 2 nitrogen and oxygen atoms in total. The summed E-state index contributed by atoms with van der Waals surface area (Å²) < 4.78 is 0. The molecule has 2 unspecified atom stereocenters. The van der Waals surface area contributed by atoms with Gasteiger partial charge in [0.1, 0.15) is 0 Å². The lowest BCUT2D eigenvalue weighted by molar-refractivity contribution is 0.0786. The van der Waals surface area contributed by atoms with Crippen molar-refractivity contribution >= 4 is 0 Å². The minimum atomic E-state index is 0.822. The molecular weight excluding hydrogens is 208 g/mol. The van der Waals surface area contributed by atoms with Crippen LogP contribution < -0.4 is 5.32 Å². The Morgan fingerprint density at radius 1 is 1.18 bits per heavy atom. The highest BCUT2D eigenvalue weighted by molar-refractivity contribution is 4.95. The maximum absolute atomic E-state index is 3.81. The van der Waals surface area contributed by atoms with E-state index in [0.29, 0.717) is 0 Å². The summed E-state index contributed by atoms with van der Waals surface area (Å²) in [5.74, 6) is 2.05. The highest BCUT2D eigenvalue weighted by atomic mass is 15.2. The van der Waals surface area contributed by atoms with Gasteiger partial charge in [0.05, 0.1) is 0 Å². The number of hydrogen-bond donors (Lipinski definition) is 1. The summed E-state index contributed by atoms with van der Waals surface area (Å²) in [7, 11) is 0. The van der Waals surface area contributed by atoms with Crippen molar-refractivity contribution in [3.05, 3.63) is 0 Å². The van der Waals surface area contributed by atoms with Gasteiger partial charge in [0.2, 0.25) is 0 Å². The quantitative estimate of drug-likeness (QED) is 0.789. The van der Waals surface area contributed by atoms with Gasteiger partial charge in [-0.05, 0) is 43.9 Å². The monoisotopic (exact) mass is 236 g/mol. The van der Waals surface area contributed by atoms with Crippen molar-refractivity contribution in [1.29, 1.82) is 0 Å². The lowest BCUT2D eigenvalue weighted by atomic mass is 9.84. The summed E-state index contributed by atoms with van der Waals surface area (Å²) in [4.78, 5) is 2.84. The van der Waals surface area contributed by atoms with Gasteiger partial charge in [0, 0.05) is 31.7 Å². The van der Waals surface area contributed by atoms with E-state index < -0.39 is 0 Å². The van der Waals surface area contributed by atoms with Crippen LogP contribution >= 0.6 is 0 Å². The van der Waals surface area contributed by atoms with Crippen LogP contribution in [-0.4, -0.2) is 36.6 Å². The van der Waals surface area contributed by atoms with Crippen molar-refractivity contribution < 1.29 is 0 Å². The van der Waals surface area contributed by atoms with E-state index in [1.807, 2.05) is 0 Å². The van der Waals surface area contributed by atoms with Crippen molar-refractivity contribution in [3.8, 4) is 0 Å². The van der Waals surface area contributed by atoms with Crippen molar-refractivity contribution in [2.75, 3.05) is 19.6 Å². The number of rotatable bonds is 5. The zero-order chi connectivity index (χ0) is 11.7. The van der Waals surface area contributed by atoms with Crippen molar-refractivity contribution in [1.82, 2.24) is 10.2 Å². The summed E-state index contributed by atoms with van der Waals surface area (Å²) in [5.41, 5.74) is 0. The van der Waals surface area contributed by atoms with E-state index >= 15 is 0 Å². The molecule has 1 N–H and O–H groups in total. The maximum atomic E-state index is 3.81. The molecular formula is C15H28N2. The van der Waals surface area contributed by atoms with Gasteiger partial charge in [-0.1, -0.05) is 19.8 Å². The molecule has 2 saturated carbocycles. The zero-order valence-electron chi connectivity index (χ0n) is 11.3. The van der Waals surface area contributed by atoms with Gasteiger partial charge in [-0.15, -0.1) is 0 Å². The fraction of sp³-hybridized carbons (Fsp3) is 1.00. The molecule has 0 spiro atoms. The smallest absolute Gasteiger partial charge is 0.0224 e. The molecule has 0 amide bonds. The van der Waals surface area contributed by atoms with E-state index in [1.165, 1.54) is 64.6 Å². The molecule has 1 saturated heterocycles. The van der Waals surface area contributed by atoms with Crippen LogP contribution in [0.15, 0.2) is 0 Å². The van der Waals surface area contributed by atoms with E-state index in [4.69, 9.17) is 0 Å². The average molecular weight is 236 g/mol. The van der Waals surface area contributed by atoms with Crippen molar-refractivity contribution in [2.45, 2.75) is 64.0 Å². The summed E-state index contributed by atoms with van der Waals surface area (Å²) in [6.07, 6.45) is 10.2. The van der Waals surface area contributed by atoms with Crippen LogP contribution in [0.1, 0.15) is 51.9 Å². The second kappa shape index (κ2) is 5.27. The van der Waals surface area contributed by atoms with Crippen LogP contribution in [0.2, 0.25) is 0 Å². The third kappa shape index (κ3) is 2.85. The van der Waals surface area contributed by atoms with Crippen molar-refractivity contribution in [2.24, 2.45) is 11.8 Å². The first-order valence-corrected chi connectivity index (χ1v) is 7.84. The van der Waals surface area contributed by atoms with Crippen LogP contribution in [-0.2, 0) is 0 Å². The zero-order valence-corrected chi connectivity index (χ0v) is 11.3. The molecule has 0 aromatic heterocycles. The topological polar surface area (TPSA) is 15.3 Å². The fourth-order valence-corrected chi connectivity index (χ4v) is 3.55. The lowest BCUT2D eigenvalue weighted by Gasteiger charge is -2.43. The van der Waals surface area contributed by atoms with Gasteiger partial charge >= 0.3 is 0 Å². The summed E-state index contributed by atoms with van der Waals surface area (Å²) >= 11 is 0. The summed E-state index contributed by atoms with van der Waals surface area (Å²) in [6.45, 7) is 6.32. The summed E-state index contributed by atoms with van der Waals surface area (Å²) in [5, 5.41) is 3.81. The standard InChI is InChI=1S/C15H28N2/c1-2-4-14-9-16-15(13-7-8-13)11-17(14)10-12-5-3-6-12/h12-16H,2-11H2,1H3. The second-order valence-corrected chi connectivity index (χ2v) is 6.55. The van der Waals surface area contributed by atoms with Crippen LogP contribution in [0.4, 0.5) is 0 Å². The molecule has 2 aliphatic carbocycles. The van der Waals surface area contributed by atoms with E-state index in [1.54, 1.807) is 0 Å². The minimum absolute atomic E-state index is 0.822. The van der Waals surface area contributed by atoms with Crippen LogP contribution in [0.3, 0.4) is 0 Å². The predicted octanol–water partition coefficient (Wildman–Crippen LogP) is 2.64. The van der Waals surface area contributed by atoms with Crippen LogP contribution in [0.25, 0.3) is 0 Å². The minimum Gasteiger partial charge on any atom is -0.311 e. The Morgan fingerprint density at radius 2 is 2.00 bits per heavy atom. The molecule has 0 aromatic rings. The fourth-order valence-electron chi connectivity index (χ4n) is 3.55. The molecule has 3 rings (SSSR count). The van der Waals surface area contributed by atoms with E-state index in [2.05, 4.69) is 17.1 Å². The highest BCUT2D eigenvalue weighted by Crippen LogP contribution is 2.35. The van der Waals surface area contributed by atoms with Gasteiger partial charge in [-0.3, -0.25) is 4.90 Å². The van der Waals surface area contributed by atoms with E-state index in [-0.39, 0.29) is 0 Å². The lowest BCUT2D eigenvalue weighted by Crippen LogP contribution is -2.58. The first-order valence-electron chi connectivity index (χ1n) is 7.84. The average Bonchev–Trinajstić information content (AvgIpc) is 3.09. The molecule has 2 atom stereocenters. The Labute approximate surface area is 106 Å². The number of hydrogen-bond acceptors (Lipinski definition) is 2. The van der Waals surface area contributed by atoms with Gasteiger partial charge in [-0.25, -0.2) is 0 Å². The molecule has 3 aliphatic rings. The Kier molecular flexibility index (Phi) is 3.72. The number of nitrogens with one attached hydrogen (secondary N) is 1. The first kappa shape index (κ1) is 12.0. The van der Waals surface area contributed by atoms with E-state index in [9.17, 15) is 0 Å². The molecule has 0 aromatic carbocycles. The third-order valence-electron chi connectivity index (χ3n) is 5.09. The number of nitrogens with zero attached hydrogens (tertiary/aromatic N) is 1. The molecule has 0 bridgehead atoms. The van der Waals surface area contributed by atoms with Crippen molar-refractivity contribution in [3.63, 3.8) is 0 Å². The van der Waals surface area contributed by atoms with E-state index in [0.717, 1.165) is 23.9 Å². The Bertz CT molecular complexity index is 245. The van der Waals surface area contributed by atoms with Gasteiger partial charge in [-0.2, -0.15) is 0 Å². The molecule has 98 valence electrons. The third-order valence-corrected chi connectivity index (χ3v) is 5.09.